The van der Waals surface area contributed by atoms with Gasteiger partial charge in [-0.1, -0.05) is 60.7 Å². The Morgan fingerprint density at radius 3 is 1.81 bits per heavy atom. The first-order valence-electron chi connectivity index (χ1n) is 9.05. The van der Waals surface area contributed by atoms with Gasteiger partial charge in [0.2, 0.25) is 0 Å². The van der Waals surface area contributed by atoms with Crippen molar-refractivity contribution in [2.45, 2.75) is 19.4 Å². The molecule has 0 saturated carbocycles. The molecular weight excluding hydrogens is 328 g/mol. The SMILES string of the molecule is CC(C)(C=C1c2ccccc2-c2ccccc21)N=Cc1ccc(C#N)cc1. The minimum atomic E-state index is -0.353. The molecule has 0 spiro atoms. The van der Waals surface area contributed by atoms with Crippen molar-refractivity contribution in [3.8, 4) is 17.2 Å². The highest BCUT2D eigenvalue weighted by Gasteiger charge is 2.25. The molecule has 0 heterocycles. The normalized spacial score (nSPS) is 12.6. The molecule has 0 amide bonds. The van der Waals surface area contributed by atoms with E-state index in [-0.39, 0.29) is 5.54 Å². The molecule has 0 N–H and O–H groups in total. The monoisotopic (exact) mass is 348 g/mol. The van der Waals surface area contributed by atoms with E-state index in [1.807, 2.05) is 30.5 Å². The third-order valence-corrected chi connectivity index (χ3v) is 4.81. The van der Waals surface area contributed by atoms with E-state index in [1.54, 1.807) is 0 Å². The van der Waals surface area contributed by atoms with Crippen molar-refractivity contribution in [2.75, 3.05) is 0 Å². The second kappa shape index (κ2) is 6.70. The molecule has 0 unspecified atom stereocenters. The molecule has 2 nitrogen and oxygen atoms in total. The molecule has 0 aromatic heterocycles. The summed E-state index contributed by atoms with van der Waals surface area (Å²) in [5.41, 5.74) is 7.63. The number of rotatable bonds is 3. The van der Waals surface area contributed by atoms with Crippen molar-refractivity contribution >= 4 is 11.8 Å². The van der Waals surface area contributed by atoms with E-state index in [1.165, 1.54) is 27.8 Å². The lowest BCUT2D eigenvalue weighted by Crippen LogP contribution is -2.14. The number of aliphatic imine (C=N–C) groups is 1. The van der Waals surface area contributed by atoms with Gasteiger partial charge in [-0.3, -0.25) is 4.99 Å². The highest BCUT2D eigenvalue weighted by atomic mass is 14.8. The zero-order valence-electron chi connectivity index (χ0n) is 15.5. The number of benzene rings is 3. The van der Waals surface area contributed by atoms with Crippen LogP contribution in [0, 0.1) is 11.3 Å². The quantitative estimate of drug-likeness (QED) is 0.427. The lowest BCUT2D eigenvalue weighted by atomic mass is 9.96. The van der Waals surface area contributed by atoms with Crippen LogP contribution in [0.15, 0.2) is 83.9 Å². The van der Waals surface area contributed by atoms with Crippen molar-refractivity contribution in [2.24, 2.45) is 4.99 Å². The lowest BCUT2D eigenvalue weighted by Gasteiger charge is -2.17. The topological polar surface area (TPSA) is 36.1 Å². The highest BCUT2D eigenvalue weighted by Crippen LogP contribution is 2.44. The van der Waals surface area contributed by atoms with Crippen molar-refractivity contribution in [3.05, 3.63) is 101 Å². The molecule has 1 aliphatic carbocycles. The Bertz CT molecular complexity index is 1050. The van der Waals surface area contributed by atoms with Crippen LogP contribution in [0.25, 0.3) is 16.7 Å². The minimum absolute atomic E-state index is 0.353. The summed E-state index contributed by atoms with van der Waals surface area (Å²) in [6.07, 6.45) is 4.13. The molecule has 0 atom stereocenters. The summed E-state index contributed by atoms with van der Waals surface area (Å²) < 4.78 is 0. The third-order valence-electron chi connectivity index (χ3n) is 4.81. The summed E-state index contributed by atoms with van der Waals surface area (Å²) in [6.45, 7) is 4.23. The Kier molecular flexibility index (Phi) is 4.22. The number of fused-ring (bicyclic) bond motifs is 3. The maximum atomic E-state index is 8.92. The summed E-state index contributed by atoms with van der Waals surface area (Å²) in [4.78, 5) is 4.81. The van der Waals surface area contributed by atoms with Crippen LogP contribution in [-0.2, 0) is 0 Å². The van der Waals surface area contributed by atoms with Crippen molar-refractivity contribution < 1.29 is 0 Å². The van der Waals surface area contributed by atoms with Crippen molar-refractivity contribution in [1.29, 1.82) is 5.26 Å². The van der Waals surface area contributed by atoms with Gasteiger partial charge in [0.25, 0.3) is 0 Å². The van der Waals surface area contributed by atoms with Gasteiger partial charge in [0.15, 0.2) is 0 Å². The molecule has 0 bridgehead atoms. The van der Waals surface area contributed by atoms with Gasteiger partial charge in [-0.2, -0.15) is 5.26 Å². The van der Waals surface area contributed by atoms with E-state index < -0.39 is 0 Å². The second-order valence-corrected chi connectivity index (χ2v) is 7.29. The molecule has 3 aromatic carbocycles. The van der Waals surface area contributed by atoms with Crippen LogP contribution >= 0.6 is 0 Å². The Hall–Kier alpha value is -3.44. The smallest absolute Gasteiger partial charge is 0.0991 e. The molecule has 4 rings (SSSR count). The molecule has 2 heteroatoms. The molecule has 130 valence electrons. The van der Waals surface area contributed by atoms with Gasteiger partial charge in [0, 0.05) is 6.21 Å². The minimum Gasteiger partial charge on any atom is -0.282 e. The lowest BCUT2D eigenvalue weighted by molar-refractivity contribution is 0.663. The Balaban J connectivity index is 1.71. The van der Waals surface area contributed by atoms with Crippen LogP contribution in [0.4, 0.5) is 0 Å². The highest BCUT2D eigenvalue weighted by molar-refractivity contribution is 6.01. The maximum absolute atomic E-state index is 8.92. The summed E-state index contributed by atoms with van der Waals surface area (Å²) >= 11 is 0. The van der Waals surface area contributed by atoms with Gasteiger partial charge in [0.1, 0.15) is 0 Å². The summed E-state index contributed by atoms with van der Waals surface area (Å²) in [7, 11) is 0. The average molecular weight is 348 g/mol. The van der Waals surface area contributed by atoms with E-state index >= 15 is 0 Å². The molecule has 1 aliphatic rings. The second-order valence-electron chi connectivity index (χ2n) is 7.29. The summed E-state index contributed by atoms with van der Waals surface area (Å²) in [5, 5.41) is 8.92. The fourth-order valence-corrected chi connectivity index (χ4v) is 3.48. The number of hydrogen-bond donors (Lipinski definition) is 0. The Morgan fingerprint density at radius 2 is 1.30 bits per heavy atom. The first-order chi connectivity index (χ1) is 13.1. The average Bonchev–Trinajstić information content (AvgIpc) is 3.01. The predicted octanol–water partition coefficient (Wildman–Crippen LogP) is 5.87. The predicted molar refractivity (Wildman–Crippen MR) is 112 cm³/mol. The van der Waals surface area contributed by atoms with Crippen LogP contribution in [0.5, 0.6) is 0 Å². The van der Waals surface area contributed by atoms with Gasteiger partial charge in [-0.05, 0) is 65.4 Å². The van der Waals surface area contributed by atoms with E-state index in [0.717, 1.165) is 5.56 Å². The van der Waals surface area contributed by atoms with E-state index in [2.05, 4.69) is 74.5 Å². The van der Waals surface area contributed by atoms with Gasteiger partial charge in [-0.15, -0.1) is 0 Å². The van der Waals surface area contributed by atoms with Crippen LogP contribution < -0.4 is 0 Å². The molecular formula is C25H20N2. The zero-order valence-corrected chi connectivity index (χ0v) is 15.5. The van der Waals surface area contributed by atoms with Gasteiger partial charge in [-0.25, -0.2) is 0 Å². The maximum Gasteiger partial charge on any atom is 0.0991 e. The molecule has 27 heavy (non-hydrogen) atoms. The van der Waals surface area contributed by atoms with E-state index in [4.69, 9.17) is 10.3 Å². The first kappa shape index (κ1) is 17.0. The number of nitrogens with zero attached hydrogens (tertiary/aromatic N) is 2. The molecule has 3 aromatic rings. The van der Waals surface area contributed by atoms with E-state index in [9.17, 15) is 0 Å². The van der Waals surface area contributed by atoms with Crippen LogP contribution in [0.3, 0.4) is 0 Å². The molecule has 0 aliphatic heterocycles. The first-order valence-corrected chi connectivity index (χ1v) is 9.05. The molecule has 0 saturated heterocycles. The molecule has 0 fully saturated rings. The van der Waals surface area contributed by atoms with Crippen LogP contribution in [0.2, 0.25) is 0 Å². The fraction of sp³-hybridized carbons (Fsp3) is 0.120. The summed E-state index contributed by atoms with van der Waals surface area (Å²) in [6, 6.07) is 26.7. The van der Waals surface area contributed by atoms with Crippen molar-refractivity contribution in [3.63, 3.8) is 0 Å². The van der Waals surface area contributed by atoms with E-state index in [0.29, 0.717) is 5.56 Å². The van der Waals surface area contributed by atoms with Crippen LogP contribution in [0.1, 0.15) is 36.1 Å². The standard InChI is InChI=1S/C25H20N2/c1-25(2,27-17-19-13-11-18(16-26)12-14-19)15-24-22-9-5-3-7-20(22)21-8-4-6-10-23(21)24/h3-15,17H,1-2H3. The number of hydrogen-bond acceptors (Lipinski definition) is 2. The summed E-state index contributed by atoms with van der Waals surface area (Å²) in [5.74, 6) is 0. The Labute approximate surface area is 160 Å². The van der Waals surface area contributed by atoms with Crippen LogP contribution in [-0.4, -0.2) is 11.8 Å². The largest absolute Gasteiger partial charge is 0.282 e. The van der Waals surface area contributed by atoms with Gasteiger partial charge >= 0.3 is 0 Å². The van der Waals surface area contributed by atoms with Gasteiger partial charge < -0.3 is 0 Å². The zero-order chi connectivity index (χ0) is 18.9. The Morgan fingerprint density at radius 1 is 0.778 bits per heavy atom. The van der Waals surface area contributed by atoms with Crippen molar-refractivity contribution in [1.82, 2.24) is 0 Å². The third kappa shape index (κ3) is 3.32. The fourth-order valence-electron chi connectivity index (χ4n) is 3.48. The molecule has 0 radical (unpaired) electrons. The van der Waals surface area contributed by atoms with Gasteiger partial charge in [0.05, 0.1) is 17.2 Å². The number of nitriles is 1.